The second-order valence-corrected chi connectivity index (χ2v) is 5.15. The Hall–Kier alpha value is -1.27. The molecule has 0 aliphatic rings. The summed E-state index contributed by atoms with van der Waals surface area (Å²) in [6.07, 6.45) is 4.18. The fourth-order valence-electron chi connectivity index (χ4n) is 1.96. The van der Waals surface area contributed by atoms with Crippen molar-refractivity contribution in [3.8, 4) is 0 Å². The van der Waals surface area contributed by atoms with E-state index in [0.717, 1.165) is 51.4 Å². The Bertz CT molecular complexity index is 307. The monoisotopic (exact) mass is 310 g/mol. The summed E-state index contributed by atoms with van der Waals surface area (Å²) in [7, 11) is 0. The number of hydrogen-bond donors (Lipinski definition) is 2. The average Bonchev–Trinajstić information content (AvgIpc) is 2.38. The van der Waals surface area contributed by atoms with Gasteiger partial charge >= 0.3 is 12.1 Å². The third kappa shape index (κ3) is 13.5. The van der Waals surface area contributed by atoms with E-state index in [2.05, 4.69) is 0 Å². The number of carbonyl (C=O) groups is 2. The number of amides is 2. The highest BCUT2D eigenvalue weighted by atomic mass is 19.4. The summed E-state index contributed by atoms with van der Waals surface area (Å²) in [4.78, 5) is 21.0. The first kappa shape index (κ1) is 19.7. The molecule has 2 amide bonds. The van der Waals surface area contributed by atoms with Crippen LogP contribution in [0.4, 0.5) is 13.2 Å². The Morgan fingerprint density at radius 1 is 0.810 bits per heavy atom. The van der Waals surface area contributed by atoms with Crippen molar-refractivity contribution in [3.05, 3.63) is 0 Å². The van der Waals surface area contributed by atoms with Crippen molar-refractivity contribution in [2.24, 2.45) is 5.73 Å². The number of nitrogens with two attached hydrogens (primary N) is 1. The Kier molecular flexibility index (Phi) is 10.7. The average molecular weight is 310 g/mol. The second kappa shape index (κ2) is 11.4. The number of hydrogen-bond acceptors (Lipinski definition) is 2. The van der Waals surface area contributed by atoms with Gasteiger partial charge in [0, 0.05) is 13.0 Å². The number of unbranched alkanes of at least 4 members (excludes halogenated alkanes) is 8. The molecule has 0 fully saturated rings. The zero-order valence-corrected chi connectivity index (χ0v) is 12.3. The predicted octanol–water partition coefficient (Wildman–Crippen LogP) is 3.05. The summed E-state index contributed by atoms with van der Waals surface area (Å²) >= 11 is 0. The molecule has 4 nitrogen and oxygen atoms in total. The predicted molar refractivity (Wildman–Crippen MR) is 74.4 cm³/mol. The first-order valence-electron chi connectivity index (χ1n) is 7.47. The smallest absolute Gasteiger partial charge is 0.370 e. The Labute approximate surface area is 123 Å². The molecule has 0 saturated heterocycles. The first-order valence-corrected chi connectivity index (χ1v) is 7.47. The van der Waals surface area contributed by atoms with Gasteiger partial charge in [0.25, 0.3) is 0 Å². The summed E-state index contributed by atoms with van der Waals surface area (Å²) in [5, 5.41) is 1.86. The highest BCUT2D eigenvalue weighted by molar-refractivity contribution is 5.81. The van der Waals surface area contributed by atoms with Crippen LogP contribution in [-0.2, 0) is 9.59 Å². The Morgan fingerprint density at radius 3 is 1.67 bits per heavy atom. The van der Waals surface area contributed by atoms with Gasteiger partial charge in [0.2, 0.25) is 5.91 Å². The van der Waals surface area contributed by atoms with Crippen molar-refractivity contribution in [2.75, 3.05) is 6.54 Å². The lowest BCUT2D eigenvalue weighted by Gasteiger charge is -2.07. The van der Waals surface area contributed by atoms with Crippen LogP contribution in [0.5, 0.6) is 0 Å². The maximum atomic E-state index is 11.9. The molecule has 21 heavy (non-hydrogen) atoms. The van der Waals surface area contributed by atoms with Crippen molar-refractivity contribution in [2.45, 2.75) is 70.4 Å². The lowest BCUT2D eigenvalue weighted by Crippen LogP contribution is -2.37. The molecule has 0 aliphatic carbocycles. The quantitative estimate of drug-likeness (QED) is 0.544. The van der Waals surface area contributed by atoms with E-state index in [4.69, 9.17) is 5.73 Å². The highest BCUT2D eigenvalue weighted by Crippen LogP contribution is 2.14. The topological polar surface area (TPSA) is 72.2 Å². The van der Waals surface area contributed by atoms with Crippen LogP contribution in [0.1, 0.15) is 64.2 Å². The van der Waals surface area contributed by atoms with Crippen LogP contribution >= 0.6 is 0 Å². The minimum Gasteiger partial charge on any atom is -0.370 e. The molecule has 0 bridgehead atoms. The number of rotatable bonds is 12. The molecule has 0 aliphatic heterocycles. The van der Waals surface area contributed by atoms with E-state index >= 15 is 0 Å². The number of alkyl halides is 3. The maximum absolute atomic E-state index is 11.9. The van der Waals surface area contributed by atoms with Crippen molar-refractivity contribution in [1.29, 1.82) is 0 Å². The molecule has 7 heteroatoms. The van der Waals surface area contributed by atoms with Crippen LogP contribution in [0, 0.1) is 0 Å². The van der Waals surface area contributed by atoms with Gasteiger partial charge in [-0.15, -0.1) is 0 Å². The van der Waals surface area contributed by atoms with E-state index in [9.17, 15) is 22.8 Å². The lowest BCUT2D eigenvalue weighted by molar-refractivity contribution is -0.173. The van der Waals surface area contributed by atoms with Crippen LogP contribution in [0.2, 0.25) is 0 Å². The molecule has 0 saturated carbocycles. The van der Waals surface area contributed by atoms with Crippen molar-refractivity contribution in [1.82, 2.24) is 5.32 Å². The third-order valence-corrected chi connectivity index (χ3v) is 3.14. The van der Waals surface area contributed by atoms with Crippen molar-refractivity contribution >= 4 is 11.8 Å². The molecule has 0 unspecified atom stereocenters. The minimum absolute atomic E-state index is 0.0749. The summed E-state index contributed by atoms with van der Waals surface area (Å²) < 4.78 is 35.6. The summed E-state index contributed by atoms with van der Waals surface area (Å²) in [5.41, 5.74) is 5.03. The molecular formula is C14H25F3N2O2. The van der Waals surface area contributed by atoms with E-state index < -0.39 is 12.1 Å². The van der Waals surface area contributed by atoms with Gasteiger partial charge in [-0.2, -0.15) is 13.2 Å². The fraction of sp³-hybridized carbons (Fsp3) is 0.857. The van der Waals surface area contributed by atoms with Crippen LogP contribution < -0.4 is 11.1 Å². The van der Waals surface area contributed by atoms with Crippen LogP contribution in [0.25, 0.3) is 0 Å². The fourth-order valence-corrected chi connectivity index (χ4v) is 1.96. The second-order valence-electron chi connectivity index (χ2n) is 5.15. The van der Waals surface area contributed by atoms with E-state index in [-0.39, 0.29) is 12.5 Å². The third-order valence-electron chi connectivity index (χ3n) is 3.14. The van der Waals surface area contributed by atoms with Gasteiger partial charge in [-0.3, -0.25) is 9.59 Å². The van der Waals surface area contributed by atoms with Crippen molar-refractivity contribution in [3.63, 3.8) is 0 Å². The molecular weight excluding hydrogens is 285 g/mol. The van der Waals surface area contributed by atoms with E-state index in [0.29, 0.717) is 12.8 Å². The molecule has 3 N–H and O–H groups in total. The molecule has 0 heterocycles. The van der Waals surface area contributed by atoms with E-state index in [1.807, 2.05) is 5.32 Å². The summed E-state index contributed by atoms with van der Waals surface area (Å²) in [6, 6.07) is 0. The van der Waals surface area contributed by atoms with Gasteiger partial charge in [0.15, 0.2) is 0 Å². The van der Waals surface area contributed by atoms with Gasteiger partial charge in [0.05, 0.1) is 0 Å². The number of halogens is 3. The SMILES string of the molecule is NC(=O)CCCCCCCCCCCNC(=O)C(F)(F)F. The van der Waals surface area contributed by atoms with Crippen LogP contribution in [-0.4, -0.2) is 24.5 Å². The van der Waals surface area contributed by atoms with Gasteiger partial charge in [0.1, 0.15) is 0 Å². The van der Waals surface area contributed by atoms with Gasteiger partial charge in [-0.1, -0.05) is 44.9 Å². The maximum Gasteiger partial charge on any atom is 0.471 e. The van der Waals surface area contributed by atoms with Gasteiger partial charge < -0.3 is 11.1 Å². The summed E-state index contributed by atoms with van der Waals surface area (Å²) in [5.74, 6) is -2.12. The van der Waals surface area contributed by atoms with Crippen molar-refractivity contribution < 1.29 is 22.8 Å². The summed E-state index contributed by atoms with van der Waals surface area (Å²) in [6.45, 7) is 0.0749. The molecule has 0 aromatic rings. The van der Waals surface area contributed by atoms with Crippen LogP contribution in [0.15, 0.2) is 0 Å². The van der Waals surface area contributed by atoms with Gasteiger partial charge in [-0.25, -0.2) is 0 Å². The Morgan fingerprint density at radius 2 is 1.24 bits per heavy atom. The van der Waals surface area contributed by atoms with E-state index in [1.165, 1.54) is 0 Å². The van der Waals surface area contributed by atoms with Gasteiger partial charge in [-0.05, 0) is 12.8 Å². The molecule has 0 aromatic heterocycles. The molecule has 0 rings (SSSR count). The standard InChI is InChI=1S/C14H25F3N2O2/c15-14(16,17)13(21)19-11-9-7-5-3-1-2-4-6-8-10-12(18)20/h1-11H2,(H2,18,20)(H,19,21). The van der Waals surface area contributed by atoms with Crippen LogP contribution in [0.3, 0.4) is 0 Å². The molecule has 0 spiro atoms. The molecule has 0 atom stereocenters. The lowest BCUT2D eigenvalue weighted by atomic mass is 10.1. The molecule has 124 valence electrons. The zero-order valence-electron chi connectivity index (χ0n) is 12.3. The Balaban J connectivity index is 3.20. The first-order chi connectivity index (χ1) is 9.84. The minimum atomic E-state index is -4.78. The zero-order chi connectivity index (χ0) is 16.1. The normalized spacial score (nSPS) is 11.4. The number of carbonyl (C=O) groups excluding carboxylic acids is 2. The molecule has 0 radical (unpaired) electrons. The number of primary amides is 1. The largest absolute Gasteiger partial charge is 0.471 e. The molecule has 0 aromatic carbocycles. The van der Waals surface area contributed by atoms with E-state index in [1.54, 1.807) is 0 Å². The number of nitrogens with one attached hydrogen (secondary N) is 1. The highest BCUT2D eigenvalue weighted by Gasteiger charge is 2.38.